The van der Waals surface area contributed by atoms with Gasteiger partial charge in [0.25, 0.3) is 15.9 Å². The molecule has 7 nitrogen and oxygen atoms in total. The summed E-state index contributed by atoms with van der Waals surface area (Å²) < 4.78 is 28.7. The van der Waals surface area contributed by atoms with Gasteiger partial charge in [0.15, 0.2) is 0 Å². The van der Waals surface area contributed by atoms with Crippen molar-refractivity contribution in [1.29, 1.82) is 0 Å². The van der Waals surface area contributed by atoms with Gasteiger partial charge in [-0.3, -0.25) is 4.79 Å². The zero-order valence-electron chi connectivity index (χ0n) is 18.4. The average molecular weight is 495 g/mol. The minimum absolute atomic E-state index is 0.00671. The molecule has 0 saturated carbocycles. The van der Waals surface area contributed by atoms with Crippen LogP contribution in [0.4, 0.5) is 5.69 Å². The number of carbonyl (C=O) groups excluding carboxylic acids is 1. The number of aryl methyl sites for hydroxylation is 1. The smallest absolute Gasteiger partial charge is 0.285 e. The van der Waals surface area contributed by atoms with Crippen molar-refractivity contribution in [3.8, 4) is 0 Å². The summed E-state index contributed by atoms with van der Waals surface area (Å²) in [6, 6.07) is 23.5. The van der Waals surface area contributed by atoms with Gasteiger partial charge in [0.05, 0.1) is 11.4 Å². The number of benzene rings is 3. The van der Waals surface area contributed by atoms with Crippen LogP contribution in [0.2, 0.25) is 5.02 Å². The first-order chi connectivity index (χ1) is 16.3. The first-order valence-electron chi connectivity index (χ1n) is 10.5. The van der Waals surface area contributed by atoms with E-state index in [1.807, 2.05) is 48.5 Å². The van der Waals surface area contributed by atoms with Crippen LogP contribution in [-0.2, 0) is 23.1 Å². The molecule has 3 aromatic carbocycles. The van der Waals surface area contributed by atoms with Crippen molar-refractivity contribution in [1.82, 2.24) is 14.3 Å². The fourth-order valence-corrected chi connectivity index (χ4v) is 4.60. The largest absolute Gasteiger partial charge is 0.381 e. The summed E-state index contributed by atoms with van der Waals surface area (Å²) in [7, 11) is -3.98. The molecular formula is C25H23ClN4O3S. The molecule has 174 valence electrons. The Labute approximate surface area is 203 Å². The van der Waals surface area contributed by atoms with Crippen molar-refractivity contribution < 1.29 is 13.2 Å². The number of nitrogens with one attached hydrogen (secondary N) is 2. The van der Waals surface area contributed by atoms with Crippen LogP contribution in [0.15, 0.2) is 90.0 Å². The van der Waals surface area contributed by atoms with Crippen molar-refractivity contribution in [2.24, 2.45) is 0 Å². The van der Waals surface area contributed by atoms with Crippen LogP contribution in [0.25, 0.3) is 0 Å². The van der Waals surface area contributed by atoms with Gasteiger partial charge in [-0.2, -0.15) is 0 Å². The molecule has 0 radical (unpaired) electrons. The number of nitrogens with zero attached hydrogens (tertiary/aromatic N) is 2. The molecule has 0 aliphatic carbocycles. The number of anilines is 1. The van der Waals surface area contributed by atoms with Crippen molar-refractivity contribution >= 4 is 33.2 Å². The monoisotopic (exact) mass is 494 g/mol. The van der Waals surface area contributed by atoms with E-state index in [1.54, 1.807) is 29.7 Å². The lowest BCUT2D eigenvalue weighted by Gasteiger charge is -2.11. The van der Waals surface area contributed by atoms with E-state index >= 15 is 0 Å². The molecule has 0 aliphatic heterocycles. The van der Waals surface area contributed by atoms with Crippen LogP contribution in [0.5, 0.6) is 0 Å². The Hall–Kier alpha value is -3.62. The molecule has 0 saturated heterocycles. The van der Waals surface area contributed by atoms with E-state index in [1.165, 1.54) is 18.3 Å². The first-order valence-corrected chi connectivity index (χ1v) is 12.4. The number of hydrogen-bond acceptors (Lipinski definition) is 5. The molecule has 4 rings (SSSR count). The quantitative estimate of drug-likeness (QED) is 0.372. The molecule has 0 spiro atoms. The Balaban J connectivity index is 1.44. The summed E-state index contributed by atoms with van der Waals surface area (Å²) >= 11 is 6.51. The number of imidazole rings is 1. The molecule has 0 aliphatic rings. The van der Waals surface area contributed by atoms with Crippen LogP contribution in [-0.4, -0.2) is 23.9 Å². The zero-order chi connectivity index (χ0) is 24.1. The number of carbonyl (C=O) groups is 1. The van der Waals surface area contributed by atoms with Gasteiger partial charge in [-0.25, -0.2) is 18.1 Å². The third kappa shape index (κ3) is 5.65. The Kier molecular flexibility index (Phi) is 7.00. The maximum atomic E-state index is 12.6. The zero-order valence-corrected chi connectivity index (χ0v) is 20.0. The van der Waals surface area contributed by atoms with E-state index in [2.05, 4.69) is 15.0 Å². The fourth-order valence-electron chi connectivity index (χ4n) is 3.38. The van der Waals surface area contributed by atoms with Crippen molar-refractivity contribution in [3.05, 3.63) is 113 Å². The Morgan fingerprint density at radius 1 is 1.00 bits per heavy atom. The van der Waals surface area contributed by atoms with Crippen LogP contribution >= 0.6 is 11.6 Å². The van der Waals surface area contributed by atoms with Crippen LogP contribution in [0.1, 0.15) is 27.4 Å². The van der Waals surface area contributed by atoms with Crippen molar-refractivity contribution in [2.45, 2.75) is 24.9 Å². The second kappa shape index (κ2) is 10.1. The summed E-state index contributed by atoms with van der Waals surface area (Å²) in [5, 5.41) is 3.92. The Morgan fingerprint density at radius 3 is 2.35 bits per heavy atom. The third-order valence-electron chi connectivity index (χ3n) is 5.22. The van der Waals surface area contributed by atoms with E-state index in [9.17, 15) is 13.2 Å². The maximum absolute atomic E-state index is 12.6. The van der Waals surface area contributed by atoms with Gasteiger partial charge in [-0.15, -0.1) is 0 Å². The summed E-state index contributed by atoms with van der Waals surface area (Å²) in [4.78, 5) is 16.8. The third-order valence-corrected chi connectivity index (χ3v) is 6.92. The summed E-state index contributed by atoms with van der Waals surface area (Å²) in [5.41, 5.74) is 2.91. The topological polar surface area (TPSA) is 93.1 Å². The second-order valence-corrected chi connectivity index (χ2v) is 9.78. The number of halogens is 1. The minimum Gasteiger partial charge on any atom is -0.381 e. The highest BCUT2D eigenvalue weighted by Gasteiger charge is 2.21. The van der Waals surface area contributed by atoms with E-state index in [-0.39, 0.29) is 10.6 Å². The highest BCUT2D eigenvalue weighted by atomic mass is 35.5. The molecule has 0 unspecified atom stereocenters. The molecule has 4 aromatic rings. The van der Waals surface area contributed by atoms with Gasteiger partial charge < -0.3 is 9.88 Å². The number of rotatable bonds is 8. The second-order valence-electron chi connectivity index (χ2n) is 7.69. The average Bonchev–Trinajstić information content (AvgIpc) is 3.20. The Bertz CT molecular complexity index is 1400. The summed E-state index contributed by atoms with van der Waals surface area (Å²) in [6.07, 6.45) is 1.52. The first kappa shape index (κ1) is 23.5. The lowest BCUT2D eigenvalue weighted by Crippen LogP contribution is -2.30. The van der Waals surface area contributed by atoms with E-state index in [0.717, 1.165) is 16.8 Å². The molecule has 1 amide bonds. The Morgan fingerprint density at radius 2 is 1.68 bits per heavy atom. The van der Waals surface area contributed by atoms with Gasteiger partial charge in [-0.05, 0) is 42.3 Å². The molecule has 2 N–H and O–H groups in total. The SMILES string of the molecule is Cc1nc(C(=O)NS(=O)(=O)c2ccccc2)cn1Cc1ccc(NCc2ccccc2)cc1Cl. The molecule has 0 atom stereocenters. The summed E-state index contributed by atoms with van der Waals surface area (Å²) in [6.45, 7) is 2.81. The van der Waals surface area contributed by atoms with E-state index in [0.29, 0.717) is 23.9 Å². The maximum Gasteiger partial charge on any atom is 0.285 e. The number of amides is 1. The highest BCUT2D eigenvalue weighted by Crippen LogP contribution is 2.23. The van der Waals surface area contributed by atoms with Crippen LogP contribution < -0.4 is 10.0 Å². The van der Waals surface area contributed by atoms with Crippen LogP contribution in [0.3, 0.4) is 0 Å². The number of sulfonamides is 1. The lowest BCUT2D eigenvalue weighted by molar-refractivity contribution is 0.0977. The predicted octanol–water partition coefficient (Wildman–Crippen LogP) is 4.62. The van der Waals surface area contributed by atoms with E-state index in [4.69, 9.17) is 11.6 Å². The van der Waals surface area contributed by atoms with E-state index < -0.39 is 15.9 Å². The van der Waals surface area contributed by atoms with Gasteiger partial charge in [-0.1, -0.05) is 66.2 Å². The lowest BCUT2D eigenvalue weighted by atomic mass is 10.2. The van der Waals surface area contributed by atoms with Crippen molar-refractivity contribution in [2.75, 3.05) is 5.32 Å². The minimum atomic E-state index is -3.98. The molecule has 0 bridgehead atoms. The summed E-state index contributed by atoms with van der Waals surface area (Å²) in [5.74, 6) is -0.234. The van der Waals surface area contributed by atoms with Gasteiger partial charge in [0.2, 0.25) is 0 Å². The van der Waals surface area contributed by atoms with Gasteiger partial charge >= 0.3 is 0 Å². The van der Waals surface area contributed by atoms with Gasteiger partial charge in [0.1, 0.15) is 11.5 Å². The number of aromatic nitrogens is 2. The molecule has 1 heterocycles. The molecule has 34 heavy (non-hydrogen) atoms. The highest BCUT2D eigenvalue weighted by molar-refractivity contribution is 7.90. The molecule has 1 aromatic heterocycles. The fraction of sp³-hybridized carbons (Fsp3) is 0.120. The number of hydrogen-bond donors (Lipinski definition) is 2. The predicted molar refractivity (Wildman–Crippen MR) is 132 cm³/mol. The standard InChI is InChI=1S/C25H23ClN4O3S/c1-18-28-24(25(31)29-34(32,33)22-10-6-3-7-11-22)17-30(18)16-20-12-13-21(14-23(20)26)27-15-19-8-4-2-5-9-19/h2-14,17,27H,15-16H2,1H3,(H,29,31). The molecule has 9 heteroatoms. The van der Waals surface area contributed by atoms with Gasteiger partial charge in [0, 0.05) is 23.5 Å². The normalized spacial score (nSPS) is 11.2. The molecular weight excluding hydrogens is 472 g/mol. The van der Waals surface area contributed by atoms with Crippen LogP contribution in [0, 0.1) is 6.92 Å². The van der Waals surface area contributed by atoms with Crippen molar-refractivity contribution in [3.63, 3.8) is 0 Å². The molecule has 0 fully saturated rings.